The zero-order chi connectivity index (χ0) is 21.4. The van der Waals surface area contributed by atoms with Crippen LogP contribution in [0.4, 0.5) is 11.4 Å². The quantitative estimate of drug-likeness (QED) is 0.479. The number of rotatable bonds is 9. The van der Waals surface area contributed by atoms with Crippen LogP contribution in [0.25, 0.3) is 0 Å². The SMILES string of the molecule is CCNC(=O)CN(CC)C(=O)c1ccc(NCc2ccccc2Cl)c([N+](=O)[O-])c1. The third kappa shape index (κ3) is 5.92. The number of hydrogen-bond acceptors (Lipinski definition) is 5. The Morgan fingerprint density at radius 3 is 2.52 bits per heavy atom. The van der Waals surface area contributed by atoms with Crippen molar-refractivity contribution in [2.24, 2.45) is 0 Å². The molecular formula is C20H23ClN4O4. The largest absolute Gasteiger partial charge is 0.375 e. The monoisotopic (exact) mass is 418 g/mol. The van der Waals surface area contributed by atoms with Crippen LogP contribution in [0, 0.1) is 10.1 Å². The second-order valence-electron chi connectivity index (χ2n) is 6.21. The highest BCUT2D eigenvalue weighted by Gasteiger charge is 2.22. The number of anilines is 1. The van der Waals surface area contributed by atoms with Gasteiger partial charge in [0.25, 0.3) is 11.6 Å². The molecule has 0 unspecified atom stereocenters. The second kappa shape index (κ2) is 10.4. The first-order valence-electron chi connectivity index (χ1n) is 9.19. The van der Waals surface area contributed by atoms with Crippen LogP contribution in [0.5, 0.6) is 0 Å². The smallest absolute Gasteiger partial charge is 0.293 e. The van der Waals surface area contributed by atoms with Crippen LogP contribution in [0.1, 0.15) is 29.8 Å². The van der Waals surface area contributed by atoms with E-state index in [0.29, 0.717) is 24.7 Å². The van der Waals surface area contributed by atoms with Gasteiger partial charge in [-0.2, -0.15) is 0 Å². The fourth-order valence-electron chi connectivity index (χ4n) is 2.73. The number of nitro benzene ring substituents is 1. The van der Waals surface area contributed by atoms with E-state index in [4.69, 9.17) is 11.6 Å². The van der Waals surface area contributed by atoms with Crippen molar-refractivity contribution in [2.75, 3.05) is 25.0 Å². The van der Waals surface area contributed by atoms with E-state index in [9.17, 15) is 19.7 Å². The van der Waals surface area contributed by atoms with Gasteiger partial charge >= 0.3 is 0 Å². The first-order valence-corrected chi connectivity index (χ1v) is 9.56. The molecule has 2 aromatic rings. The van der Waals surface area contributed by atoms with E-state index in [0.717, 1.165) is 5.56 Å². The van der Waals surface area contributed by atoms with Crippen LogP contribution >= 0.6 is 11.6 Å². The molecule has 2 aromatic carbocycles. The molecule has 2 amide bonds. The lowest BCUT2D eigenvalue weighted by Crippen LogP contribution is -2.40. The van der Waals surface area contributed by atoms with E-state index in [-0.39, 0.29) is 29.4 Å². The van der Waals surface area contributed by atoms with Crippen molar-refractivity contribution in [3.8, 4) is 0 Å². The van der Waals surface area contributed by atoms with E-state index in [1.807, 2.05) is 12.1 Å². The van der Waals surface area contributed by atoms with Gasteiger partial charge in [-0.3, -0.25) is 19.7 Å². The van der Waals surface area contributed by atoms with Crippen molar-refractivity contribution in [2.45, 2.75) is 20.4 Å². The zero-order valence-electron chi connectivity index (χ0n) is 16.3. The van der Waals surface area contributed by atoms with Gasteiger partial charge in [0.05, 0.1) is 11.5 Å². The summed E-state index contributed by atoms with van der Waals surface area (Å²) in [4.78, 5) is 36.8. The molecule has 0 aromatic heterocycles. The first kappa shape index (κ1) is 22.2. The number of nitrogens with one attached hydrogen (secondary N) is 2. The Morgan fingerprint density at radius 1 is 1.17 bits per heavy atom. The van der Waals surface area contributed by atoms with Crippen molar-refractivity contribution in [3.05, 3.63) is 68.7 Å². The van der Waals surface area contributed by atoms with Crippen LogP contribution < -0.4 is 10.6 Å². The predicted octanol–water partition coefficient (Wildman–Crippen LogP) is 3.46. The number of benzene rings is 2. The van der Waals surface area contributed by atoms with Gasteiger partial charge in [0.15, 0.2) is 0 Å². The highest BCUT2D eigenvalue weighted by Crippen LogP contribution is 2.27. The highest BCUT2D eigenvalue weighted by molar-refractivity contribution is 6.31. The molecular weight excluding hydrogens is 396 g/mol. The van der Waals surface area contributed by atoms with Crippen molar-refractivity contribution >= 4 is 34.8 Å². The third-order valence-corrected chi connectivity index (χ3v) is 4.61. The fraction of sp³-hybridized carbons (Fsp3) is 0.300. The Kier molecular flexibility index (Phi) is 7.97. The Hall–Kier alpha value is -3.13. The summed E-state index contributed by atoms with van der Waals surface area (Å²) in [6, 6.07) is 11.4. The normalized spacial score (nSPS) is 10.3. The maximum atomic E-state index is 12.7. The molecule has 0 saturated heterocycles. The summed E-state index contributed by atoms with van der Waals surface area (Å²) >= 11 is 6.12. The lowest BCUT2D eigenvalue weighted by atomic mass is 10.1. The summed E-state index contributed by atoms with van der Waals surface area (Å²) < 4.78 is 0. The van der Waals surface area contributed by atoms with E-state index in [1.54, 1.807) is 26.0 Å². The van der Waals surface area contributed by atoms with Gasteiger partial charge in [0, 0.05) is 36.3 Å². The summed E-state index contributed by atoms with van der Waals surface area (Å²) in [5.41, 5.74) is 0.990. The molecule has 0 aliphatic rings. The molecule has 0 spiro atoms. The Balaban J connectivity index is 2.21. The number of nitrogens with zero attached hydrogens (tertiary/aromatic N) is 2. The number of hydrogen-bond donors (Lipinski definition) is 2. The summed E-state index contributed by atoms with van der Waals surface area (Å²) in [5.74, 6) is -0.727. The number of likely N-dealkylation sites (N-methyl/N-ethyl adjacent to an activating group) is 2. The molecule has 0 fully saturated rings. The van der Waals surface area contributed by atoms with Gasteiger partial charge in [-0.05, 0) is 37.6 Å². The van der Waals surface area contributed by atoms with Crippen LogP contribution in [0.2, 0.25) is 5.02 Å². The molecule has 154 valence electrons. The summed E-state index contributed by atoms with van der Waals surface area (Å²) in [7, 11) is 0. The van der Waals surface area contributed by atoms with Gasteiger partial charge in [0.1, 0.15) is 5.69 Å². The maximum Gasteiger partial charge on any atom is 0.293 e. The minimum Gasteiger partial charge on any atom is -0.375 e. The number of carbonyl (C=O) groups excluding carboxylic acids is 2. The van der Waals surface area contributed by atoms with Crippen LogP contribution in [-0.4, -0.2) is 41.3 Å². The van der Waals surface area contributed by atoms with Gasteiger partial charge < -0.3 is 15.5 Å². The maximum absolute atomic E-state index is 12.7. The van der Waals surface area contributed by atoms with Gasteiger partial charge in [-0.1, -0.05) is 29.8 Å². The average Bonchev–Trinajstić information content (AvgIpc) is 2.71. The molecule has 8 nitrogen and oxygen atoms in total. The Morgan fingerprint density at radius 2 is 1.90 bits per heavy atom. The van der Waals surface area contributed by atoms with E-state index < -0.39 is 10.8 Å². The van der Waals surface area contributed by atoms with E-state index in [2.05, 4.69) is 10.6 Å². The standard InChI is InChI=1S/C20H23ClN4O4/c1-3-22-19(26)13-24(4-2)20(27)14-9-10-17(18(11-14)25(28)29)23-12-15-7-5-6-8-16(15)21/h5-11,23H,3-4,12-13H2,1-2H3,(H,22,26). The van der Waals surface area contributed by atoms with Crippen LogP contribution in [-0.2, 0) is 11.3 Å². The third-order valence-electron chi connectivity index (χ3n) is 4.25. The molecule has 0 radical (unpaired) electrons. The van der Waals surface area contributed by atoms with Crippen molar-refractivity contribution < 1.29 is 14.5 Å². The molecule has 0 heterocycles. The number of amides is 2. The van der Waals surface area contributed by atoms with Gasteiger partial charge in [-0.25, -0.2) is 0 Å². The molecule has 2 rings (SSSR count). The van der Waals surface area contributed by atoms with Crippen molar-refractivity contribution in [1.29, 1.82) is 0 Å². The highest BCUT2D eigenvalue weighted by atomic mass is 35.5. The number of nitro groups is 1. The van der Waals surface area contributed by atoms with Crippen molar-refractivity contribution in [1.82, 2.24) is 10.2 Å². The molecule has 0 atom stereocenters. The Bertz CT molecular complexity index is 904. The number of carbonyl (C=O) groups is 2. The minimum absolute atomic E-state index is 0.108. The molecule has 9 heteroatoms. The molecule has 0 bridgehead atoms. The lowest BCUT2D eigenvalue weighted by Gasteiger charge is -2.20. The zero-order valence-corrected chi connectivity index (χ0v) is 17.0. The second-order valence-corrected chi connectivity index (χ2v) is 6.61. The fourth-order valence-corrected chi connectivity index (χ4v) is 2.94. The summed E-state index contributed by atoms with van der Waals surface area (Å²) in [6.45, 7) is 4.48. The molecule has 0 aliphatic heterocycles. The summed E-state index contributed by atoms with van der Waals surface area (Å²) in [6.07, 6.45) is 0. The topological polar surface area (TPSA) is 105 Å². The van der Waals surface area contributed by atoms with Gasteiger partial charge in [-0.15, -0.1) is 0 Å². The van der Waals surface area contributed by atoms with Crippen molar-refractivity contribution in [3.63, 3.8) is 0 Å². The molecule has 29 heavy (non-hydrogen) atoms. The van der Waals surface area contributed by atoms with Crippen LogP contribution in [0.15, 0.2) is 42.5 Å². The lowest BCUT2D eigenvalue weighted by molar-refractivity contribution is -0.384. The van der Waals surface area contributed by atoms with Crippen LogP contribution in [0.3, 0.4) is 0 Å². The average molecular weight is 419 g/mol. The molecule has 0 saturated carbocycles. The van der Waals surface area contributed by atoms with E-state index in [1.165, 1.54) is 23.1 Å². The molecule has 0 aliphatic carbocycles. The first-order chi connectivity index (χ1) is 13.9. The van der Waals surface area contributed by atoms with Gasteiger partial charge in [0.2, 0.25) is 5.91 Å². The Labute approximate surface area is 174 Å². The minimum atomic E-state index is -0.550. The van der Waals surface area contributed by atoms with E-state index >= 15 is 0 Å². The molecule has 2 N–H and O–H groups in total. The summed E-state index contributed by atoms with van der Waals surface area (Å²) in [5, 5.41) is 17.7. The number of halogens is 1. The predicted molar refractivity (Wildman–Crippen MR) is 112 cm³/mol.